The number of allylic oxidation sites excluding steroid dienone is 6. The van der Waals surface area contributed by atoms with E-state index in [2.05, 4.69) is 68.3 Å². The Morgan fingerprint density at radius 2 is 1.27 bits per heavy atom. The van der Waals surface area contributed by atoms with Gasteiger partial charge in [-0.1, -0.05) is 68.3 Å². The van der Waals surface area contributed by atoms with Crippen LogP contribution in [-0.2, 0) is 0 Å². The average molecular weight is 276 g/mol. The lowest BCUT2D eigenvalue weighted by Crippen LogP contribution is -1.84. The molecule has 2 aliphatic rings. The first-order valence-corrected chi connectivity index (χ1v) is 5.21. The van der Waals surface area contributed by atoms with Gasteiger partial charge in [-0.05, 0) is 0 Å². The lowest BCUT2D eigenvalue weighted by molar-refractivity contribution is 0.993. The first-order valence-electron chi connectivity index (χ1n) is 3.62. The molecule has 0 heterocycles. The van der Waals surface area contributed by atoms with E-state index in [1.54, 1.807) is 0 Å². The Hall–Kier alpha value is 0.180. The highest BCUT2D eigenvalue weighted by Gasteiger charge is 2.58. The van der Waals surface area contributed by atoms with E-state index in [0.717, 1.165) is 0 Å². The number of rotatable bonds is 0. The van der Waals surface area contributed by atoms with Crippen LogP contribution in [-0.4, -0.2) is 3.23 Å². The topological polar surface area (TPSA) is 0 Å². The molecule has 0 nitrogen and oxygen atoms in total. The van der Waals surface area contributed by atoms with Crippen molar-refractivity contribution >= 4 is 31.9 Å². The van der Waals surface area contributed by atoms with Crippen LogP contribution in [0, 0.1) is 11.8 Å². The van der Waals surface area contributed by atoms with Crippen molar-refractivity contribution in [3.63, 3.8) is 0 Å². The largest absolute Gasteiger partial charge is 0.0942 e. The summed E-state index contributed by atoms with van der Waals surface area (Å²) in [6.07, 6.45) is 12.8. The highest BCUT2D eigenvalue weighted by atomic mass is 79.9. The minimum absolute atomic E-state index is 0.138. The Balaban J connectivity index is 2.25. The molecule has 11 heavy (non-hydrogen) atoms. The van der Waals surface area contributed by atoms with Gasteiger partial charge in [0.2, 0.25) is 0 Å². The van der Waals surface area contributed by atoms with Crippen LogP contribution < -0.4 is 0 Å². The Morgan fingerprint density at radius 3 is 1.73 bits per heavy atom. The summed E-state index contributed by atoms with van der Waals surface area (Å²) >= 11 is 7.27. The second-order valence-electron chi connectivity index (χ2n) is 2.88. The number of halogens is 2. The van der Waals surface area contributed by atoms with E-state index in [1.807, 2.05) is 0 Å². The van der Waals surface area contributed by atoms with Gasteiger partial charge in [0.15, 0.2) is 0 Å². The van der Waals surface area contributed by atoms with Crippen molar-refractivity contribution in [1.29, 1.82) is 0 Å². The molecular weight excluding hydrogens is 268 g/mol. The van der Waals surface area contributed by atoms with Gasteiger partial charge in [0.05, 0.1) is 3.23 Å². The molecule has 0 aromatic heterocycles. The standard InChI is InChI=1S/C9H8Br2/c10-9(11)7-5-3-1-2-4-6-8(7)9/h1-8H/b2-1-,5-3-,6-4-. The molecule has 2 rings (SSSR count). The molecule has 2 unspecified atom stereocenters. The maximum Gasteiger partial charge on any atom is 0.0942 e. The van der Waals surface area contributed by atoms with E-state index in [1.165, 1.54) is 0 Å². The van der Waals surface area contributed by atoms with Gasteiger partial charge in [-0.3, -0.25) is 0 Å². The molecule has 0 N–H and O–H groups in total. The van der Waals surface area contributed by atoms with Gasteiger partial charge >= 0.3 is 0 Å². The highest BCUT2D eigenvalue weighted by molar-refractivity contribution is 9.25. The van der Waals surface area contributed by atoms with Crippen molar-refractivity contribution in [3.8, 4) is 0 Å². The van der Waals surface area contributed by atoms with E-state index in [9.17, 15) is 0 Å². The lowest BCUT2D eigenvalue weighted by Gasteiger charge is -1.90. The van der Waals surface area contributed by atoms with Crippen molar-refractivity contribution in [3.05, 3.63) is 36.5 Å². The van der Waals surface area contributed by atoms with Crippen LogP contribution in [0.4, 0.5) is 0 Å². The van der Waals surface area contributed by atoms with Gasteiger partial charge < -0.3 is 0 Å². The van der Waals surface area contributed by atoms with Crippen LogP contribution in [0.25, 0.3) is 0 Å². The Kier molecular flexibility index (Phi) is 1.84. The molecule has 0 radical (unpaired) electrons. The third-order valence-corrected chi connectivity index (χ3v) is 4.25. The Labute approximate surface area is 83.3 Å². The summed E-state index contributed by atoms with van der Waals surface area (Å²) in [4.78, 5) is 0. The van der Waals surface area contributed by atoms with Crippen molar-refractivity contribution in [2.75, 3.05) is 0 Å². The molecule has 2 aliphatic carbocycles. The summed E-state index contributed by atoms with van der Waals surface area (Å²) < 4.78 is 0.138. The van der Waals surface area contributed by atoms with Gasteiger partial charge in [-0.15, -0.1) is 0 Å². The monoisotopic (exact) mass is 274 g/mol. The molecule has 1 fully saturated rings. The minimum Gasteiger partial charge on any atom is -0.0785 e. The Morgan fingerprint density at radius 1 is 0.818 bits per heavy atom. The molecule has 0 aromatic rings. The fraction of sp³-hybridized carbons (Fsp3) is 0.333. The van der Waals surface area contributed by atoms with Crippen LogP contribution >= 0.6 is 31.9 Å². The maximum atomic E-state index is 3.64. The summed E-state index contributed by atoms with van der Waals surface area (Å²) in [6.45, 7) is 0. The molecule has 0 aliphatic heterocycles. The van der Waals surface area contributed by atoms with Gasteiger partial charge in [-0.2, -0.15) is 0 Å². The van der Waals surface area contributed by atoms with Gasteiger partial charge in [0, 0.05) is 11.8 Å². The first-order chi connectivity index (χ1) is 5.23. The second-order valence-corrected chi connectivity index (χ2v) is 6.57. The molecule has 58 valence electrons. The van der Waals surface area contributed by atoms with Crippen molar-refractivity contribution in [2.24, 2.45) is 11.8 Å². The smallest absolute Gasteiger partial charge is 0.0785 e. The maximum absolute atomic E-state index is 3.64. The summed E-state index contributed by atoms with van der Waals surface area (Å²) in [6, 6.07) is 0. The zero-order valence-electron chi connectivity index (χ0n) is 5.87. The van der Waals surface area contributed by atoms with Crippen molar-refractivity contribution in [2.45, 2.75) is 3.23 Å². The average Bonchev–Trinajstić information content (AvgIpc) is 2.29. The SMILES string of the molecule is BrC1(Br)C2\C=C/C=C\C=C/C21. The predicted octanol–water partition coefficient (Wildman–Crippen LogP) is 3.40. The zero-order chi connectivity index (χ0) is 7.90. The quantitative estimate of drug-likeness (QED) is 0.595. The normalized spacial score (nSPS) is 46.4. The molecular formula is C9H8Br2. The van der Waals surface area contributed by atoms with Crippen LogP contribution in [0.5, 0.6) is 0 Å². The number of fused-ring (bicyclic) bond motifs is 1. The second kappa shape index (κ2) is 2.60. The minimum atomic E-state index is 0.138. The molecule has 0 amide bonds. The Bertz CT molecular complexity index is 224. The highest BCUT2D eigenvalue weighted by Crippen LogP contribution is 2.63. The molecule has 0 spiro atoms. The molecule has 0 bridgehead atoms. The summed E-state index contributed by atoms with van der Waals surface area (Å²) in [5.74, 6) is 1.23. The molecule has 2 atom stereocenters. The third kappa shape index (κ3) is 1.27. The van der Waals surface area contributed by atoms with Gasteiger partial charge in [0.1, 0.15) is 0 Å². The third-order valence-electron chi connectivity index (χ3n) is 2.14. The van der Waals surface area contributed by atoms with E-state index in [4.69, 9.17) is 0 Å². The number of hydrogen-bond acceptors (Lipinski definition) is 0. The van der Waals surface area contributed by atoms with E-state index >= 15 is 0 Å². The van der Waals surface area contributed by atoms with Gasteiger partial charge in [0.25, 0.3) is 0 Å². The fourth-order valence-electron chi connectivity index (χ4n) is 1.37. The molecule has 0 aromatic carbocycles. The van der Waals surface area contributed by atoms with Crippen LogP contribution in [0.2, 0.25) is 0 Å². The van der Waals surface area contributed by atoms with E-state index < -0.39 is 0 Å². The molecule has 2 heteroatoms. The van der Waals surface area contributed by atoms with Crippen molar-refractivity contribution in [1.82, 2.24) is 0 Å². The number of alkyl halides is 2. The molecule has 1 saturated carbocycles. The van der Waals surface area contributed by atoms with E-state index in [-0.39, 0.29) is 3.23 Å². The summed E-state index contributed by atoms with van der Waals surface area (Å²) in [5, 5.41) is 0. The van der Waals surface area contributed by atoms with Gasteiger partial charge in [-0.25, -0.2) is 0 Å². The van der Waals surface area contributed by atoms with Crippen molar-refractivity contribution < 1.29 is 0 Å². The van der Waals surface area contributed by atoms with Crippen LogP contribution in [0.15, 0.2) is 36.5 Å². The predicted molar refractivity (Wildman–Crippen MR) is 55.0 cm³/mol. The summed E-state index contributed by atoms with van der Waals surface area (Å²) in [7, 11) is 0. The number of hydrogen-bond donors (Lipinski definition) is 0. The van der Waals surface area contributed by atoms with E-state index in [0.29, 0.717) is 11.8 Å². The summed E-state index contributed by atoms with van der Waals surface area (Å²) in [5.41, 5.74) is 0. The molecule has 0 saturated heterocycles. The first kappa shape index (κ1) is 7.81. The van der Waals surface area contributed by atoms with Crippen LogP contribution in [0.3, 0.4) is 0 Å². The zero-order valence-corrected chi connectivity index (χ0v) is 9.05. The lowest BCUT2D eigenvalue weighted by atomic mass is 10.2. The van der Waals surface area contributed by atoms with Crippen LogP contribution in [0.1, 0.15) is 0 Å². The fourth-order valence-corrected chi connectivity index (χ4v) is 2.85.